The molecular formula is C16H27NO3. The van der Waals surface area contributed by atoms with Crippen LogP contribution in [0.2, 0.25) is 0 Å². The molecule has 3 unspecified atom stereocenters. The van der Waals surface area contributed by atoms with Gasteiger partial charge in [0.2, 0.25) is 0 Å². The lowest BCUT2D eigenvalue weighted by Crippen LogP contribution is -2.40. The van der Waals surface area contributed by atoms with E-state index in [4.69, 9.17) is 9.84 Å². The van der Waals surface area contributed by atoms with Gasteiger partial charge in [-0.1, -0.05) is 26.0 Å². The average Bonchev–Trinajstić information content (AvgIpc) is 2.49. The Kier molecular flexibility index (Phi) is 7.59. The van der Waals surface area contributed by atoms with Gasteiger partial charge in [0.05, 0.1) is 0 Å². The second kappa shape index (κ2) is 8.95. The molecule has 0 heterocycles. The molecule has 0 saturated heterocycles. The molecule has 1 aromatic carbocycles. The molecule has 0 radical (unpaired) electrons. The molecule has 0 spiro atoms. The highest BCUT2D eigenvalue weighted by Crippen LogP contribution is 2.13. The smallest absolute Gasteiger partial charge is 0.119 e. The van der Waals surface area contributed by atoms with Gasteiger partial charge in [0.15, 0.2) is 0 Å². The highest BCUT2D eigenvalue weighted by Gasteiger charge is 2.13. The van der Waals surface area contributed by atoms with Crippen molar-refractivity contribution in [3.63, 3.8) is 0 Å². The molecule has 20 heavy (non-hydrogen) atoms. The molecule has 3 atom stereocenters. The van der Waals surface area contributed by atoms with Crippen molar-refractivity contribution < 1.29 is 14.9 Å². The van der Waals surface area contributed by atoms with Crippen LogP contribution in [0.3, 0.4) is 0 Å². The fourth-order valence-electron chi connectivity index (χ4n) is 1.79. The summed E-state index contributed by atoms with van der Waals surface area (Å²) in [5, 5.41) is 22.1. The lowest BCUT2D eigenvalue weighted by molar-refractivity contribution is 0.0992. The van der Waals surface area contributed by atoms with Gasteiger partial charge in [-0.05, 0) is 37.0 Å². The van der Waals surface area contributed by atoms with Gasteiger partial charge >= 0.3 is 0 Å². The Bertz CT molecular complexity index is 384. The molecule has 0 aliphatic carbocycles. The number of hydrogen-bond donors (Lipinski definition) is 3. The van der Waals surface area contributed by atoms with E-state index in [0.29, 0.717) is 6.54 Å². The largest absolute Gasteiger partial charge is 0.491 e. The number of benzene rings is 1. The van der Waals surface area contributed by atoms with Gasteiger partial charge in [0.1, 0.15) is 18.5 Å². The number of hydrogen-bond acceptors (Lipinski definition) is 4. The third-order valence-corrected chi connectivity index (χ3v) is 3.57. The first-order valence-corrected chi connectivity index (χ1v) is 7.30. The Morgan fingerprint density at radius 1 is 1.30 bits per heavy atom. The van der Waals surface area contributed by atoms with Crippen molar-refractivity contribution in [2.24, 2.45) is 5.92 Å². The zero-order valence-corrected chi connectivity index (χ0v) is 12.7. The maximum atomic E-state index is 9.89. The van der Waals surface area contributed by atoms with Crippen LogP contribution in [0.5, 0.6) is 5.75 Å². The molecule has 0 aliphatic rings. The molecule has 1 aromatic rings. The summed E-state index contributed by atoms with van der Waals surface area (Å²) >= 11 is 0. The number of rotatable bonds is 9. The fraction of sp³-hybridized carbons (Fsp3) is 0.625. The van der Waals surface area contributed by atoms with Gasteiger partial charge < -0.3 is 20.3 Å². The van der Waals surface area contributed by atoms with E-state index in [0.717, 1.165) is 12.2 Å². The predicted molar refractivity (Wildman–Crippen MR) is 81.0 cm³/mol. The molecule has 3 N–H and O–H groups in total. The Labute approximate surface area is 121 Å². The zero-order valence-electron chi connectivity index (χ0n) is 12.7. The van der Waals surface area contributed by atoms with E-state index < -0.39 is 6.10 Å². The van der Waals surface area contributed by atoms with Crippen molar-refractivity contribution in [3.8, 4) is 5.75 Å². The lowest BCUT2D eigenvalue weighted by atomic mass is 10.1. The van der Waals surface area contributed by atoms with E-state index in [1.807, 2.05) is 32.0 Å². The molecule has 1 rings (SSSR count). The molecule has 114 valence electrons. The number of nitrogens with one attached hydrogen (secondary N) is 1. The Morgan fingerprint density at radius 2 is 2.05 bits per heavy atom. The van der Waals surface area contributed by atoms with Gasteiger partial charge in [-0.25, -0.2) is 0 Å². The molecule has 0 saturated carbocycles. The summed E-state index contributed by atoms with van der Waals surface area (Å²) in [7, 11) is 0. The van der Waals surface area contributed by atoms with E-state index in [-0.39, 0.29) is 25.2 Å². The molecular weight excluding hydrogens is 254 g/mol. The van der Waals surface area contributed by atoms with Crippen LogP contribution < -0.4 is 10.1 Å². The molecule has 0 aromatic heterocycles. The Morgan fingerprint density at radius 3 is 2.70 bits per heavy atom. The van der Waals surface area contributed by atoms with Crippen molar-refractivity contribution in [1.82, 2.24) is 5.32 Å². The fourth-order valence-corrected chi connectivity index (χ4v) is 1.79. The molecule has 4 nitrogen and oxygen atoms in total. The van der Waals surface area contributed by atoms with Gasteiger partial charge in [0, 0.05) is 19.2 Å². The third kappa shape index (κ3) is 5.90. The molecule has 0 fully saturated rings. The summed E-state index contributed by atoms with van der Waals surface area (Å²) in [5.74, 6) is 0.963. The zero-order chi connectivity index (χ0) is 15.0. The Balaban J connectivity index is 2.30. The summed E-state index contributed by atoms with van der Waals surface area (Å²) in [4.78, 5) is 0. The van der Waals surface area contributed by atoms with Crippen molar-refractivity contribution in [2.45, 2.75) is 39.3 Å². The summed E-state index contributed by atoms with van der Waals surface area (Å²) in [6.07, 6.45) is 0.409. The van der Waals surface area contributed by atoms with E-state index >= 15 is 0 Å². The highest BCUT2D eigenvalue weighted by molar-refractivity contribution is 5.28. The minimum Gasteiger partial charge on any atom is -0.491 e. The average molecular weight is 281 g/mol. The van der Waals surface area contributed by atoms with Crippen molar-refractivity contribution in [3.05, 3.63) is 29.8 Å². The number of aliphatic hydroxyl groups is 2. The van der Waals surface area contributed by atoms with Crippen LogP contribution in [0.4, 0.5) is 0 Å². The van der Waals surface area contributed by atoms with E-state index in [9.17, 15) is 5.11 Å². The van der Waals surface area contributed by atoms with Crippen molar-refractivity contribution in [2.75, 3.05) is 19.8 Å². The van der Waals surface area contributed by atoms with Crippen LogP contribution in [0.1, 0.15) is 26.3 Å². The highest BCUT2D eigenvalue weighted by atomic mass is 16.5. The van der Waals surface area contributed by atoms with Gasteiger partial charge in [-0.2, -0.15) is 0 Å². The summed E-state index contributed by atoms with van der Waals surface area (Å²) < 4.78 is 5.59. The first-order chi connectivity index (χ1) is 9.56. The summed E-state index contributed by atoms with van der Waals surface area (Å²) in [6.45, 7) is 6.93. The van der Waals surface area contributed by atoms with Gasteiger partial charge in [-0.3, -0.25) is 0 Å². The van der Waals surface area contributed by atoms with Crippen molar-refractivity contribution >= 4 is 0 Å². The third-order valence-electron chi connectivity index (χ3n) is 3.57. The maximum Gasteiger partial charge on any atom is 0.119 e. The van der Waals surface area contributed by atoms with E-state index in [2.05, 4.69) is 18.3 Å². The van der Waals surface area contributed by atoms with Crippen LogP contribution in [-0.4, -0.2) is 42.1 Å². The quantitative estimate of drug-likeness (QED) is 0.643. The lowest BCUT2D eigenvalue weighted by Gasteiger charge is -2.21. The van der Waals surface area contributed by atoms with Crippen LogP contribution in [0.25, 0.3) is 0 Å². The molecule has 0 bridgehead atoms. The van der Waals surface area contributed by atoms with E-state index in [1.54, 1.807) is 0 Å². The molecule has 0 amide bonds. The van der Waals surface area contributed by atoms with Crippen LogP contribution >= 0.6 is 0 Å². The number of aliphatic hydroxyl groups excluding tert-OH is 2. The van der Waals surface area contributed by atoms with Gasteiger partial charge in [0.25, 0.3) is 0 Å². The summed E-state index contributed by atoms with van der Waals surface area (Å²) in [5.41, 5.74) is 1.22. The molecule has 0 aliphatic heterocycles. The van der Waals surface area contributed by atoms with E-state index in [1.165, 1.54) is 5.56 Å². The number of aryl methyl sites for hydroxylation is 1. The predicted octanol–water partition coefficient (Wildman–Crippen LogP) is 1.60. The van der Waals surface area contributed by atoms with Crippen LogP contribution in [-0.2, 0) is 6.42 Å². The van der Waals surface area contributed by atoms with Crippen molar-refractivity contribution in [1.29, 1.82) is 0 Å². The first kappa shape index (κ1) is 17.0. The normalized spacial score (nSPS) is 15.7. The molecule has 4 heteroatoms. The topological polar surface area (TPSA) is 61.7 Å². The monoisotopic (exact) mass is 281 g/mol. The summed E-state index contributed by atoms with van der Waals surface area (Å²) in [6, 6.07) is 8.08. The van der Waals surface area contributed by atoms with Crippen LogP contribution in [0, 0.1) is 5.92 Å². The minimum absolute atomic E-state index is 0.143. The number of ether oxygens (including phenoxy) is 1. The second-order valence-corrected chi connectivity index (χ2v) is 5.32. The van der Waals surface area contributed by atoms with Crippen LogP contribution in [0.15, 0.2) is 24.3 Å². The SMILES string of the molecule is CCc1cccc(OCC(O)CNC(C)C(C)CO)c1. The van der Waals surface area contributed by atoms with Gasteiger partial charge in [-0.15, -0.1) is 0 Å². The Hall–Kier alpha value is -1.10. The maximum absolute atomic E-state index is 9.89. The first-order valence-electron chi connectivity index (χ1n) is 7.30. The minimum atomic E-state index is -0.561. The second-order valence-electron chi connectivity index (χ2n) is 5.32. The standard InChI is InChI=1S/C16H27NO3/c1-4-14-6-5-7-16(8-14)20-11-15(19)9-17-13(3)12(2)10-18/h5-8,12-13,15,17-19H,4,9-11H2,1-3H3.